The molecule has 6 heteroatoms. The van der Waals surface area contributed by atoms with Gasteiger partial charge < -0.3 is 20.3 Å². The van der Waals surface area contributed by atoms with Gasteiger partial charge in [-0.15, -0.1) is 0 Å². The number of hydrogen-bond acceptors (Lipinski definition) is 4. The van der Waals surface area contributed by atoms with E-state index in [1.54, 1.807) is 18.9 Å². The molecule has 0 saturated carbocycles. The maximum Gasteiger partial charge on any atom is 0.256 e. The van der Waals surface area contributed by atoms with E-state index in [-0.39, 0.29) is 11.8 Å². The molecule has 1 aromatic carbocycles. The van der Waals surface area contributed by atoms with Crippen LogP contribution in [0.25, 0.3) is 0 Å². The lowest BCUT2D eigenvalue weighted by Gasteiger charge is -2.35. The zero-order chi connectivity index (χ0) is 17.2. The van der Waals surface area contributed by atoms with Crippen LogP contribution in [0.2, 0.25) is 0 Å². The van der Waals surface area contributed by atoms with E-state index in [2.05, 4.69) is 10.6 Å². The fourth-order valence-electron chi connectivity index (χ4n) is 3.60. The average Bonchev–Trinajstić information content (AvgIpc) is 2.61. The number of hydrogen-bond donors (Lipinski definition) is 2. The van der Waals surface area contributed by atoms with Gasteiger partial charge >= 0.3 is 0 Å². The maximum absolute atomic E-state index is 12.7. The quantitative estimate of drug-likeness (QED) is 0.884. The summed E-state index contributed by atoms with van der Waals surface area (Å²) in [5.41, 5.74) is 2.06. The Balaban J connectivity index is 1.78. The Kier molecular flexibility index (Phi) is 4.87. The van der Waals surface area contributed by atoms with E-state index in [1.807, 2.05) is 18.2 Å². The molecule has 2 aliphatic heterocycles. The van der Waals surface area contributed by atoms with E-state index < -0.39 is 5.60 Å². The highest BCUT2D eigenvalue weighted by Crippen LogP contribution is 2.31. The molecule has 1 saturated heterocycles. The molecule has 24 heavy (non-hydrogen) atoms. The van der Waals surface area contributed by atoms with E-state index in [0.29, 0.717) is 12.8 Å². The number of carbonyl (C=O) groups is 2. The Morgan fingerprint density at radius 2 is 2.04 bits per heavy atom. The van der Waals surface area contributed by atoms with Crippen LogP contribution in [0.1, 0.15) is 31.7 Å². The number of aryl methyl sites for hydroxylation is 1. The molecule has 1 fully saturated rings. The molecule has 3 rings (SSSR count). The molecule has 6 nitrogen and oxygen atoms in total. The van der Waals surface area contributed by atoms with Crippen molar-refractivity contribution in [2.24, 2.45) is 0 Å². The monoisotopic (exact) mass is 331 g/mol. The lowest BCUT2D eigenvalue weighted by atomic mass is 9.91. The van der Waals surface area contributed by atoms with Crippen LogP contribution in [0.4, 0.5) is 11.4 Å². The van der Waals surface area contributed by atoms with Gasteiger partial charge in [-0.1, -0.05) is 0 Å². The summed E-state index contributed by atoms with van der Waals surface area (Å²) in [6.07, 6.45) is 3.19. The zero-order valence-electron chi connectivity index (χ0n) is 14.4. The highest BCUT2D eigenvalue weighted by molar-refractivity contribution is 5.98. The van der Waals surface area contributed by atoms with E-state index in [1.165, 1.54) is 0 Å². The highest BCUT2D eigenvalue weighted by atomic mass is 16.5. The molecule has 2 N–H and O–H groups in total. The molecule has 0 unspecified atom stereocenters. The van der Waals surface area contributed by atoms with Gasteiger partial charge in [0.2, 0.25) is 5.91 Å². The fourth-order valence-corrected chi connectivity index (χ4v) is 3.60. The van der Waals surface area contributed by atoms with E-state index in [4.69, 9.17) is 4.74 Å². The van der Waals surface area contributed by atoms with Gasteiger partial charge in [-0.2, -0.15) is 0 Å². The largest absolute Gasteiger partial charge is 0.368 e. The molecule has 0 spiro atoms. The molecule has 1 aromatic rings. The molecule has 2 amide bonds. The minimum atomic E-state index is -0.757. The molecule has 2 heterocycles. The van der Waals surface area contributed by atoms with Gasteiger partial charge in [0.1, 0.15) is 5.60 Å². The fraction of sp³-hybridized carbons (Fsp3) is 0.556. The van der Waals surface area contributed by atoms with Gasteiger partial charge in [0, 0.05) is 32.0 Å². The predicted molar refractivity (Wildman–Crippen MR) is 93.3 cm³/mol. The number of nitrogens with zero attached hydrogens (tertiary/aromatic N) is 1. The maximum atomic E-state index is 12.7. The second kappa shape index (κ2) is 6.91. The van der Waals surface area contributed by atoms with E-state index >= 15 is 0 Å². The van der Waals surface area contributed by atoms with Crippen LogP contribution in [0.3, 0.4) is 0 Å². The molecular formula is C18H25N3O3. The van der Waals surface area contributed by atoms with Gasteiger partial charge in [-0.3, -0.25) is 9.59 Å². The normalized spacial score (nSPS) is 19.5. The van der Waals surface area contributed by atoms with Gasteiger partial charge in [0.15, 0.2) is 0 Å². The van der Waals surface area contributed by atoms with Crippen molar-refractivity contribution < 1.29 is 14.3 Å². The molecule has 130 valence electrons. The van der Waals surface area contributed by atoms with Crippen LogP contribution in [-0.2, 0) is 20.7 Å². The SMILES string of the molecule is COC1(C(=O)Nc2ccc3c(c2)CCCN3C(C)=O)CCNCC1. The van der Waals surface area contributed by atoms with Crippen LogP contribution in [0.5, 0.6) is 0 Å². The Morgan fingerprint density at radius 1 is 1.29 bits per heavy atom. The Bertz CT molecular complexity index is 638. The van der Waals surface area contributed by atoms with E-state index in [0.717, 1.165) is 49.4 Å². The number of nitrogens with one attached hydrogen (secondary N) is 2. The van der Waals surface area contributed by atoms with Crippen LogP contribution in [0, 0.1) is 0 Å². The summed E-state index contributed by atoms with van der Waals surface area (Å²) in [5.74, 6) is -0.0357. The number of amides is 2. The van der Waals surface area contributed by atoms with Gasteiger partial charge in [0.25, 0.3) is 5.91 Å². The van der Waals surface area contributed by atoms with Crippen LogP contribution in [-0.4, -0.2) is 44.2 Å². The third-order valence-electron chi connectivity index (χ3n) is 5.05. The first-order valence-electron chi connectivity index (χ1n) is 8.54. The summed E-state index contributed by atoms with van der Waals surface area (Å²) < 4.78 is 5.57. The smallest absolute Gasteiger partial charge is 0.256 e. The summed E-state index contributed by atoms with van der Waals surface area (Å²) in [5, 5.41) is 6.25. The Hall–Kier alpha value is -1.92. The molecular weight excluding hydrogens is 306 g/mol. The van der Waals surface area contributed by atoms with Crippen LogP contribution >= 0.6 is 0 Å². The molecule has 0 radical (unpaired) electrons. The zero-order valence-corrected chi connectivity index (χ0v) is 14.4. The van der Waals surface area contributed by atoms with Gasteiger partial charge in [-0.05, 0) is 62.5 Å². The van der Waals surface area contributed by atoms with Crippen molar-refractivity contribution in [1.82, 2.24) is 5.32 Å². The van der Waals surface area contributed by atoms with Crippen molar-refractivity contribution in [2.75, 3.05) is 37.0 Å². The highest BCUT2D eigenvalue weighted by Gasteiger charge is 2.39. The van der Waals surface area contributed by atoms with Gasteiger partial charge in [0.05, 0.1) is 0 Å². The number of piperidine rings is 1. The molecule has 0 atom stereocenters. The van der Waals surface area contributed by atoms with Crippen molar-refractivity contribution in [2.45, 2.75) is 38.2 Å². The van der Waals surface area contributed by atoms with Crippen LogP contribution in [0.15, 0.2) is 18.2 Å². The van der Waals surface area contributed by atoms with Gasteiger partial charge in [-0.25, -0.2) is 0 Å². The summed E-state index contributed by atoms with van der Waals surface area (Å²) in [6, 6.07) is 5.77. The number of ether oxygens (including phenoxy) is 1. The lowest BCUT2D eigenvalue weighted by molar-refractivity contribution is -0.140. The summed E-state index contributed by atoms with van der Waals surface area (Å²) in [4.78, 5) is 26.3. The average molecular weight is 331 g/mol. The lowest BCUT2D eigenvalue weighted by Crippen LogP contribution is -2.51. The summed E-state index contributed by atoms with van der Waals surface area (Å²) in [6.45, 7) is 3.90. The van der Waals surface area contributed by atoms with E-state index in [9.17, 15) is 9.59 Å². The van der Waals surface area contributed by atoms with Crippen molar-refractivity contribution in [1.29, 1.82) is 0 Å². The number of benzene rings is 1. The molecule has 0 aliphatic carbocycles. The first kappa shape index (κ1) is 16.9. The number of fused-ring (bicyclic) bond motifs is 1. The molecule has 0 bridgehead atoms. The third-order valence-corrected chi connectivity index (χ3v) is 5.05. The predicted octanol–water partition coefficient (Wildman–Crippen LogP) is 1.69. The minimum absolute atomic E-state index is 0.0563. The first-order valence-corrected chi connectivity index (χ1v) is 8.54. The second-order valence-corrected chi connectivity index (χ2v) is 6.52. The Morgan fingerprint density at radius 3 is 2.71 bits per heavy atom. The standard InChI is InChI=1S/C18H25N3O3/c1-13(22)21-11-3-4-14-12-15(5-6-16(14)21)20-17(23)18(24-2)7-9-19-10-8-18/h5-6,12,19H,3-4,7-11H2,1-2H3,(H,20,23). The number of rotatable bonds is 3. The first-order chi connectivity index (χ1) is 11.6. The Labute approximate surface area is 142 Å². The molecule has 0 aromatic heterocycles. The third kappa shape index (κ3) is 3.16. The number of anilines is 2. The summed E-state index contributed by atoms with van der Waals surface area (Å²) >= 11 is 0. The van der Waals surface area contributed by atoms with Crippen molar-refractivity contribution >= 4 is 23.2 Å². The molecule has 2 aliphatic rings. The number of methoxy groups -OCH3 is 1. The summed E-state index contributed by atoms with van der Waals surface area (Å²) in [7, 11) is 1.60. The topological polar surface area (TPSA) is 70.7 Å². The van der Waals surface area contributed by atoms with Crippen molar-refractivity contribution in [3.05, 3.63) is 23.8 Å². The van der Waals surface area contributed by atoms with Crippen molar-refractivity contribution in [3.8, 4) is 0 Å². The van der Waals surface area contributed by atoms with Crippen LogP contribution < -0.4 is 15.5 Å². The van der Waals surface area contributed by atoms with Crippen molar-refractivity contribution in [3.63, 3.8) is 0 Å². The number of carbonyl (C=O) groups excluding carboxylic acids is 2. The second-order valence-electron chi connectivity index (χ2n) is 6.52. The minimum Gasteiger partial charge on any atom is -0.368 e.